The third-order valence-electron chi connectivity index (χ3n) is 5.62. The van der Waals surface area contributed by atoms with Crippen molar-refractivity contribution >= 4 is 45.8 Å². The fraction of sp³-hybridized carbons (Fsp3) is 0.545. The zero-order valence-electron chi connectivity index (χ0n) is 21.8. The molecule has 0 bridgehead atoms. The van der Waals surface area contributed by atoms with Gasteiger partial charge in [0.15, 0.2) is 10.3 Å². The summed E-state index contributed by atoms with van der Waals surface area (Å²) >= 11 is 1.25. The average molecular weight is 584 g/mol. The van der Waals surface area contributed by atoms with E-state index in [0.29, 0.717) is 0 Å². The first-order chi connectivity index (χ1) is 16.5. The van der Waals surface area contributed by atoms with Crippen LogP contribution in [0.25, 0.3) is 0 Å². The fourth-order valence-electron chi connectivity index (χ4n) is 3.86. The zero-order valence-corrected chi connectivity index (χ0v) is 25.5. The molecule has 2 aliphatic heterocycles. The Morgan fingerprint density at radius 3 is 2.26 bits per heavy atom. The summed E-state index contributed by atoms with van der Waals surface area (Å²) in [6, 6.07) is 4.09. The van der Waals surface area contributed by atoms with E-state index in [-0.39, 0.29) is 40.6 Å². The van der Waals surface area contributed by atoms with E-state index in [1.165, 1.54) is 28.8 Å². The van der Waals surface area contributed by atoms with Crippen LogP contribution in [0.4, 0.5) is 0 Å². The summed E-state index contributed by atoms with van der Waals surface area (Å²) in [5.74, 6) is -2.79. The maximum absolute atomic E-state index is 12.9. The Morgan fingerprint density at radius 1 is 1.16 bits per heavy atom. The van der Waals surface area contributed by atoms with E-state index in [2.05, 4.69) is 5.32 Å². The van der Waals surface area contributed by atoms with Gasteiger partial charge in [0.2, 0.25) is 18.6 Å². The van der Waals surface area contributed by atoms with Crippen LogP contribution in [-0.2, 0) is 39.0 Å². The number of fused-ring (bicyclic) bond motifs is 1. The van der Waals surface area contributed by atoms with Crippen molar-refractivity contribution in [3.8, 4) is 0 Å². The van der Waals surface area contributed by atoms with Crippen molar-refractivity contribution in [1.29, 1.82) is 0 Å². The molecule has 2 amide bonds. The van der Waals surface area contributed by atoms with Crippen LogP contribution in [0.2, 0.25) is 0 Å². The molecule has 1 aromatic carbocycles. The molecule has 2 aliphatic rings. The number of hydrogen-bond donors (Lipinski definition) is 2. The number of nitrogens with zero attached hydrogens (tertiary/aromatic N) is 1. The van der Waals surface area contributed by atoms with Gasteiger partial charge in [0.1, 0.15) is 23.5 Å². The number of nitrogens with one attached hydrogen (secondary N) is 2. The molecule has 0 aromatic heterocycles. The van der Waals surface area contributed by atoms with E-state index in [9.17, 15) is 32.1 Å². The zero-order chi connectivity index (χ0) is 27.1. The van der Waals surface area contributed by atoms with Crippen molar-refractivity contribution in [3.05, 3.63) is 35.9 Å². The molecule has 2 fully saturated rings. The Balaban J connectivity index is 0.00000361. The minimum atomic E-state index is -4.99. The van der Waals surface area contributed by atoms with E-state index < -0.39 is 74.5 Å². The Hall–Kier alpha value is -1.72. The molecule has 4 atom stereocenters. The first kappa shape index (κ1) is 34.3. The number of thioether (sulfide) groups is 1. The Bertz CT molecular complexity index is 1160. The molecule has 38 heavy (non-hydrogen) atoms. The van der Waals surface area contributed by atoms with Crippen LogP contribution in [0.1, 0.15) is 46.2 Å². The Morgan fingerprint density at radius 2 is 1.74 bits per heavy atom. The number of rotatable bonds is 8. The normalized spacial score (nSPS) is 22.5. The van der Waals surface area contributed by atoms with Gasteiger partial charge < -0.3 is 29.7 Å². The largest absolute Gasteiger partial charge is 1.00 e. The number of carbonyl (C=O) groups excluding carboxylic acids is 4. The van der Waals surface area contributed by atoms with Gasteiger partial charge >= 0.3 is 41.5 Å². The first-order valence-corrected chi connectivity index (χ1v) is 13.2. The van der Waals surface area contributed by atoms with Crippen molar-refractivity contribution in [1.82, 2.24) is 14.9 Å². The van der Waals surface area contributed by atoms with Crippen molar-refractivity contribution in [2.75, 3.05) is 6.79 Å². The van der Waals surface area contributed by atoms with E-state index in [4.69, 9.17) is 9.47 Å². The number of benzene rings is 1. The molecular formula is C22H30N3NaO10S2. The molecule has 0 spiro atoms. The second-order valence-electron chi connectivity index (χ2n) is 9.92. The van der Waals surface area contributed by atoms with Crippen LogP contribution < -0.4 is 39.6 Å². The summed E-state index contributed by atoms with van der Waals surface area (Å²) in [5, 5.41) is 1.86. The molecule has 0 aliphatic carbocycles. The first-order valence-electron chi connectivity index (χ1n) is 11.0. The van der Waals surface area contributed by atoms with Gasteiger partial charge in [-0.3, -0.25) is 14.4 Å². The Labute approximate surface area is 247 Å². The van der Waals surface area contributed by atoms with Crippen LogP contribution in [0.15, 0.2) is 30.3 Å². The number of hydrogen-bond acceptors (Lipinski definition) is 10. The summed E-state index contributed by atoms with van der Waals surface area (Å²) in [7, 11) is -4.99. The van der Waals surface area contributed by atoms with E-state index in [1.807, 2.05) is 0 Å². The van der Waals surface area contributed by atoms with Gasteiger partial charge in [0, 0.05) is 4.75 Å². The predicted molar refractivity (Wildman–Crippen MR) is 130 cm³/mol. The van der Waals surface area contributed by atoms with Gasteiger partial charge in [-0.05, 0) is 40.2 Å². The van der Waals surface area contributed by atoms with E-state index >= 15 is 0 Å². The molecule has 16 heteroatoms. The third kappa shape index (κ3) is 7.69. The van der Waals surface area contributed by atoms with E-state index in [1.54, 1.807) is 57.5 Å². The molecule has 0 unspecified atom stereocenters. The minimum Gasteiger partial charge on any atom is -0.735 e. The standard InChI is InChI=1S/C22H29N3O9S2.Na.H2O/c1-21(2,3)20(29)34-11-33-19(28)15-22(4,5)35-18-14(17(27)25(15)18)23-16(26)13(24-36(30,31)32)12-9-7-6-8-10-12;;/h6-10,13-15,18,24H,11H2,1-5H3,(H,23,26)(H,30,31,32);;1H2/q;+1;/p-1/t13-,14-,15+,18-;;/m1../s1. The van der Waals surface area contributed by atoms with Gasteiger partial charge in [0.05, 0.1) is 5.41 Å². The number of esters is 2. The topological polar surface area (TPSA) is 203 Å². The van der Waals surface area contributed by atoms with Crippen LogP contribution in [0.3, 0.4) is 0 Å². The monoisotopic (exact) mass is 583 g/mol. The van der Waals surface area contributed by atoms with Crippen molar-refractivity contribution in [2.45, 2.75) is 62.9 Å². The molecule has 206 valence electrons. The second-order valence-corrected chi connectivity index (χ2v) is 12.8. The maximum Gasteiger partial charge on any atom is 1.00 e. The Kier molecular flexibility index (Phi) is 11.4. The molecule has 0 saturated carbocycles. The van der Waals surface area contributed by atoms with Gasteiger partial charge in [-0.1, -0.05) is 30.3 Å². The molecule has 2 saturated heterocycles. The SMILES string of the molecule is CC(C)(C)C(=O)OCOC(=O)[C@@H]1N2C(=O)[C@@H](NC(=O)[C@H](NS(=O)(=O)[O-])c3ccccc3)[C@H]2SC1(C)C.O.[Na+]. The van der Waals surface area contributed by atoms with E-state index in [0.717, 1.165) is 0 Å². The average Bonchev–Trinajstić information content (AvgIpc) is 3.02. The number of ether oxygens (including phenoxy) is 2. The molecule has 4 N–H and O–H groups in total. The van der Waals surface area contributed by atoms with Crippen LogP contribution in [0.5, 0.6) is 0 Å². The van der Waals surface area contributed by atoms with Crippen LogP contribution >= 0.6 is 11.8 Å². The molecule has 3 rings (SSSR count). The van der Waals surface area contributed by atoms with Gasteiger partial charge in [0.25, 0.3) is 0 Å². The van der Waals surface area contributed by atoms with Crippen molar-refractivity contribution in [2.24, 2.45) is 5.41 Å². The van der Waals surface area contributed by atoms with Crippen LogP contribution in [0, 0.1) is 5.41 Å². The minimum absolute atomic E-state index is 0. The van der Waals surface area contributed by atoms with Crippen molar-refractivity contribution in [3.63, 3.8) is 0 Å². The quantitative estimate of drug-likeness (QED) is 0.102. The number of β-lactam (4-membered cyclic amide) rings is 1. The molecule has 2 heterocycles. The van der Waals surface area contributed by atoms with Gasteiger partial charge in [-0.25, -0.2) is 17.9 Å². The molecule has 13 nitrogen and oxygen atoms in total. The third-order valence-corrected chi connectivity index (χ3v) is 7.72. The van der Waals surface area contributed by atoms with Crippen molar-refractivity contribution < 1.29 is 76.7 Å². The fourth-order valence-corrected chi connectivity index (χ4v) is 6.01. The number of carbonyl (C=O) groups is 4. The molecular weight excluding hydrogens is 553 g/mol. The summed E-state index contributed by atoms with van der Waals surface area (Å²) in [4.78, 5) is 51.8. The number of amides is 2. The predicted octanol–water partition coefficient (Wildman–Crippen LogP) is -3.41. The summed E-state index contributed by atoms with van der Waals surface area (Å²) < 4.78 is 44.9. The summed E-state index contributed by atoms with van der Waals surface area (Å²) in [6.07, 6.45) is 0. The molecule has 1 aromatic rings. The molecule has 0 radical (unpaired) electrons. The maximum atomic E-state index is 12.9. The summed E-state index contributed by atoms with van der Waals surface area (Å²) in [5.41, 5.74) is -0.569. The smallest absolute Gasteiger partial charge is 0.735 e. The van der Waals surface area contributed by atoms with Gasteiger partial charge in [-0.2, -0.15) is 0 Å². The van der Waals surface area contributed by atoms with Crippen LogP contribution in [-0.4, -0.2) is 76.1 Å². The van der Waals surface area contributed by atoms with Gasteiger partial charge in [-0.15, -0.1) is 11.8 Å². The summed E-state index contributed by atoms with van der Waals surface area (Å²) in [6.45, 7) is 7.80. The second kappa shape index (κ2) is 12.6.